The van der Waals surface area contributed by atoms with E-state index in [4.69, 9.17) is 4.74 Å². The van der Waals surface area contributed by atoms with Crippen LogP contribution in [0.15, 0.2) is 6.07 Å². The maximum atomic E-state index is 12.8. The fourth-order valence-electron chi connectivity index (χ4n) is 4.83. The second-order valence-corrected chi connectivity index (χ2v) is 8.12. The molecule has 4 heterocycles. The minimum atomic E-state index is 0.0416. The Morgan fingerprint density at radius 3 is 2.76 bits per heavy atom. The minimum absolute atomic E-state index is 0.0416. The first kappa shape index (κ1) is 17.0. The summed E-state index contributed by atoms with van der Waals surface area (Å²) >= 11 is 0. The molecular formula is C19H30N4O2. The molecule has 3 atom stereocenters. The summed E-state index contributed by atoms with van der Waals surface area (Å²) in [6.45, 7) is 6.85. The predicted molar refractivity (Wildman–Crippen MR) is 95.3 cm³/mol. The predicted octanol–water partition coefficient (Wildman–Crippen LogP) is 1.65. The Labute approximate surface area is 149 Å². The van der Waals surface area contributed by atoms with Gasteiger partial charge in [0.2, 0.25) is 5.91 Å². The van der Waals surface area contributed by atoms with Gasteiger partial charge in [0, 0.05) is 37.3 Å². The lowest BCUT2D eigenvalue weighted by Crippen LogP contribution is -2.48. The molecule has 0 spiro atoms. The summed E-state index contributed by atoms with van der Waals surface area (Å²) in [4.78, 5) is 14.8. The van der Waals surface area contributed by atoms with Gasteiger partial charge in [0.15, 0.2) is 0 Å². The van der Waals surface area contributed by atoms with Crippen LogP contribution in [0.4, 0.5) is 0 Å². The van der Waals surface area contributed by atoms with Crippen LogP contribution in [0, 0.1) is 19.8 Å². The summed E-state index contributed by atoms with van der Waals surface area (Å²) in [5, 5.41) is 8.18. The molecular weight excluding hydrogens is 316 g/mol. The first-order valence-electron chi connectivity index (χ1n) is 9.73. The molecule has 3 saturated heterocycles. The van der Waals surface area contributed by atoms with Crippen molar-refractivity contribution in [2.24, 2.45) is 5.92 Å². The van der Waals surface area contributed by atoms with Crippen LogP contribution < -0.4 is 5.32 Å². The zero-order chi connectivity index (χ0) is 17.4. The number of morpholine rings is 1. The Bertz CT molecular complexity index is 617. The highest BCUT2D eigenvalue weighted by molar-refractivity contribution is 5.76. The SMILES string of the molecule is Cc1cc(C)n(CC2CN(C(=O)CC3CC4CCC(C3)N4)CCO2)n1. The number of fused-ring (bicyclic) bond motifs is 2. The lowest BCUT2D eigenvalue weighted by molar-refractivity contribution is -0.140. The largest absolute Gasteiger partial charge is 0.373 e. The average molecular weight is 346 g/mol. The zero-order valence-corrected chi connectivity index (χ0v) is 15.4. The second kappa shape index (κ2) is 7.08. The van der Waals surface area contributed by atoms with Crippen molar-refractivity contribution < 1.29 is 9.53 Å². The van der Waals surface area contributed by atoms with Crippen molar-refractivity contribution in [3.63, 3.8) is 0 Å². The number of rotatable bonds is 4. The molecule has 0 aliphatic carbocycles. The van der Waals surface area contributed by atoms with Gasteiger partial charge in [-0.25, -0.2) is 0 Å². The van der Waals surface area contributed by atoms with Crippen molar-refractivity contribution in [2.75, 3.05) is 19.7 Å². The Kier molecular flexibility index (Phi) is 4.82. The van der Waals surface area contributed by atoms with E-state index in [0.717, 1.165) is 24.5 Å². The third kappa shape index (κ3) is 3.90. The molecule has 25 heavy (non-hydrogen) atoms. The van der Waals surface area contributed by atoms with Crippen molar-refractivity contribution in [1.29, 1.82) is 0 Å². The van der Waals surface area contributed by atoms with Gasteiger partial charge >= 0.3 is 0 Å². The van der Waals surface area contributed by atoms with Gasteiger partial charge in [-0.2, -0.15) is 5.10 Å². The molecule has 1 aromatic heterocycles. The Hall–Kier alpha value is -1.40. The Balaban J connectivity index is 1.31. The maximum absolute atomic E-state index is 12.8. The number of hydrogen-bond donors (Lipinski definition) is 1. The Morgan fingerprint density at radius 1 is 1.32 bits per heavy atom. The van der Waals surface area contributed by atoms with Crippen molar-refractivity contribution in [1.82, 2.24) is 20.0 Å². The van der Waals surface area contributed by atoms with Crippen molar-refractivity contribution in [2.45, 2.75) is 70.7 Å². The van der Waals surface area contributed by atoms with E-state index in [1.54, 1.807) is 0 Å². The van der Waals surface area contributed by atoms with Crippen LogP contribution in [0.3, 0.4) is 0 Å². The van der Waals surface area contributed by atoms with E-state index >= 15 is 0 Å². The van der Waals surface area contributed by atoms with E-state index in [1.165, 1.54) is 25.7 Å². The monoisotopic (exact) mass is 346 g/mol. The van der Waals surface area contributed by atoms with E-state index in [0.29, 0.717) is 43.5 Å². The van der Waals surface area contributed by atoms with Gasteiger partial charge in [0.05, 0.1) is 24.9 Å². The summed E-state index contributed by atoms with van der Waals surface area (Å²) in [5.41, 5.74) is 2.18. The van der Waals surface area contributed by atoms with E-state index in [-0.39, 0.29) is 6.10 Å². The maximum Gasteiger partial charge on any atom is 0.223 e. The van der Waals surface area contributed by atoms with Crippen molar-refractivity contribution in [3.8, 4) is 0 Å². The molecule has 3 aliphatic rings. The molecule has 6 nitrogen and oxygen atoms in total. The van der Waals surface area contributed by atoms with Crippen LogP contribution in [0.5, 0.6) is 0 Å². The number of carbonyl (C=O) groups is 1. The number of hydrogen-bond acceptors (Lipinski definition) is 4. The fraction of sp³-hybridized carbons (Fsp3) is 0.789. The van der Waals surface area contributed by atoms with E-state index in [9.17, 15) is 4.79 Å². The lowest BCUT2D eigenvalue weighted by Gasteiger charge is -2.35. The van der Waals surface area contributed by atoms with Gasteiger partial charge < -0.3 is 15.0 Å². The van der Waals surface area contributed by atoms with Crippen LogP contribution in [-0.2, 0) is 16.1 Å². The van der Waals surface area contributed by atoms with Gasteiger partial charge in [0.25, 0.3) is 0 Å². The molecule has 2 bridgehead atoms. The number of aryl methyl sites for hydroxylation is 2. The van der Waals surface area contributed by atoms with Gasteiger partial charge in [-0.1, -0.05) is 0 Å². The molecule has 0 aromatic carbocycles. The second-order valence-electron chi connectivity index (χ2n) is 8.12. The average Bonchev–Trinajstić information content (AvgIpc) is 3.08. The van der Waals surface area contributed by atoms with Crippen LogP contribution in [0.2, 0.25) is 0 Å². The van der Waals surface area contributed by atoms with E-state index in [2.05, 4.69) is 23.4 Å². The number of piperidine rings is 1. The number of amides is 1. The smallest absolute Gasteiger partial charge is 0.223 e. The molecule has 0 saturated carbocycles. The van der Waals surface area contributed by atoms with Crippen molar-refractivity contribution in [3.05, 3.63) is 17.5 Å². The topological polar surface area (TPSA) is 59.4 Å². The molecule has 1 aromatic rings. The van der Waals surface area contributed by atoms with E-state index < -0.39 is 0 Å². The van der Waals surface area contributed by atoms with Gasteiger partial charge in [-0.05, 0) is 51.5 Å². The molecule has 6 heteroatoms. The number of carbonyl (C=O) groups excluding carboxylic acids is 1. The quantitative estimate of drug-likeness (QED) is 0.901. The number of nitrogens with one attached hydrogen (secondary N) is 1. The van der Waals surface area contributed by atoms with Gasteiger partial charge in [0.1, 0.15) is 0 Å². The van der Waals surface area contributed by atoms with Gasteiger partial charge in [-0.15, -0.1) is 0 Å². The summed E-state index contributed by atoms with van der Waals surface area (Å²) in [6.07, 6.45) is 5.67. The lowest BCUT2D eigenvalue weighted by atomic mass is 9.89. The summed E-state index contributed by atoms with van der Waals surface area (Å²) in [5.74, 6) is 0.872. The first-order chi connectivity index (χ1) is 12.1. The Morgan fingerprint density at radius 2 is 2.08 bits per heavy atom. The molecule has 3 unspecified atom stereocenters. The summed E-state index contributed by atoms with van der Waals surface area (Å²) in [7, 11) is 0. The van der Waals surface area contributed by atoms with Crippen LogP contribution in [0.1, 0.15) is 43.5 Å². The van der Waals surface area contributed by atoms with E-state index in [1.807, 2.05) is 16.5 Å². The molecule has 1 N–H and O–H groups in total. The van der Waals surface area contributed by atoms with Crippen molar-refractivity contribution >= 4 is 5.91 Å². The summed E-state index contributed by atoms with van der Waals surface area (Å²) < 4.78 is 7.89. The highest BCUT2D eigenvalue weighted by Crippen LogP contribution is 2.33. The molecule has 138 valence electrons. The number of nitrogens with zero attached hydrogens (tertiary/aromatic N) is 3. The molecule has 0 radical (unpaired) electrons. The highest BCUT2D eigenvalue weighted by Gasteiger charge is 2.35. The first-order valence-corrected chi connectivity index (χ1v) is 9.73. The van der Waals surface area contributed by atoms with Crippen LogP contribution in [0.25, 0.3) is 0 Å². The number of ether oxygens (including phenoxy) is 1. The minimum Gasteiger partial charge on any atom is -0.373 e. The fourth-order valence-corrected chi connectivity index (χ4v) is 4.83. The third-order valence-electron chi connectivity index (χ3n) is 6.01. The standard InChI is InChI=1S/C19H30N4O2/c1-13-7-14(2)23(21-13)12-18-11-22(5-6-25-18)19(24)10-15-8-16-3-4-17(9-15)20-16/h7,15-18,20H,3-6,8-12H2,1-2H3. The molecule has 3 aliphatic heterocycles. The van der Waals surface area contributed by atoms with Gasteiger partial charge in [-0.3, -0.25) is 9.48 Å². The summed E-state index contributed by atoms with van der Waals surface area (Å²) in [6, 6.07) is 3.39. The van der Waals surface area contributed by atoms with Crippen LogP contribution >= 0.6 is 0 Å². The van der Waals surface area contributed by atoms with Crippen LogP contribution in [-0.4, -0.2) is 58.5 Å². The molecule has 1 amide bonds. The highest BCUT2D eigenvalue weighted by atomic mass is 16.5. The third-order valence-corrected chi connectivity index (χ3v) is 6.01. The molecule has 4 rings (SSSR count). The normalized spacial score (nSPS) is 32.2. The zero-order valence-electron chi connectivity index (χ0n) is 15.4. The number of aromatic nitrogens is 2. The molecule has 3 fully saturated rings.